The molecule has 2 rings (SSSR count). The van der Waals surface area contributed by atoms with E-state index in [1.54, 1.807) is 0 Å². The summed E-state index contributed by atoms with van der Waals surface area (Å²) in [6.45, 7) is 0. The Balaban J connectivity index is 1.88. The second kappa shape index (κ2) is 7.11. The predicted molar refractivity (Wildman–Crippen MR) is 85.1 cm³/mol. The van der Waals surface area contributed by atoms with Crippen molar-refractivity contribution in [2.24, 2.45) is 0 Å². The molecule has 2 aromatic carbocycles. The van der Waals surface area contributed by atoms with E-state index in [1.165, 1.54) is 5.56 Å². The second-order valence-corrected chi connectivity index (χ2v) is 5.38. The van der Waals surface area contributed by atoms with Crippen LogP contribution in [0, 0.1) is 0 Å². The molecule has 0 aliphatic rings. The smallest absolute Gasteiger partial charge is 0.0790 e. The molecule has 0 aromatic heterocycles. The largest absolute Gasteiger partial charge is 0.388 e. The third kappa shape index (κ3) is 4.10. The Morgan fingerprint density at radius 3 is 2.45 bits per heavy atom. The fourth-order valence-electron chi connectivity index (χ4n) is 2.32. The fraction of sp³-hybridized carbons (Fsp3) is 0.333. The fourth-order valence-corrected chi connectivity index (χ4v) is 2.32. The maximum atomic E-state index is 10.3. The molecule has 0 radical (unpaired) electrons. The molecule has 1 unspecified atom stereocenters. The average Bonchev–Trinajstić information content (AvgIpc) is 2.48. The van der Waals surface area contributed by atoms with Crippen LogP contribution in [0.2, 0.25) is 0 Å². The minimum absolute atomic E-state index is 0.376. The van der Waals surface area contributed by atoms with Crippen LogP contribution >= 0.6 is 0 Å². The van der Waals surface area contributed by atoms with E-state index in [0.29, 0.717) is 0 Å². The molecule has 2 heteroatoms. The molecule has 106 valence electrons. The molecule has 0 aliphatic heterocycles. The Morgan fingerprint density at radius 2 is 1.75 bits per heavy atom. The summed E-state index contributed by atoms with van der Waals surface area (Å²) in [4.78, 5) is 2.06. The first-order chi connectivity index (χ1) is 9.66. The lowest BCUT2D eigenvalue weighted by atomic mass is 10.0. The highest BCUT2D eigenvalue weighted by Crippen LogP contribution is 2.23. The molecular formula is C18H23NO. The molecule has 20 heavy (non-hydrogen) atoms. The molecule has 0 spiro atoms. The van der Waals surface area contributed by atoms with Gasteiger partial charge in [-0.1, -0.05) is 42.5 Å². The Labute approximate surface area is 121 Å². The van der Waals surface area contributed by atoms with Crippen molar-refractivity contribution >= 4 is 5.69 Å². The number of hydrogen-bond donors (Lipinski definition) is 1. The Morgan fingerprint density at radius 1 is 1.00 bits per heavy atom. The van der Waals surface area contributed by atoms with Crippen LogP contribution in [0.1, 0.15) is 30.1 Å². The van der Waals surface area contributed by atoms with Crippen LogP contribution in [0.5, 0.6) is 0 Å². The molecule has 1 N–H and O–H groups in total. The van der Waals surface area contributed by atoms with E-state index < -0.39 is 0 Å². The molecule has 0 heterocycles. The first-order valence-corrected chi connectivity index (χ1v) is 7.16. The van der Waals surface area contributed by atoms with E-state index in [0.717, 1.165) is 30.5 Å². The van der Waals surface area contributed by atoms with Gasteiger partial charge < -0.3 is 10.0 Å². The van der Waals surface area contributed by atoms with E-state index in [-0.39, 0.29) is 6.10 Å². The number of nitrogens with zero attached hydrogens (tertiary/aromatic N) is 1. The standard InChI is InChI=1S/C18H23NO/c1-19(2)17-12-7-11-16(14-17)18(20)13-6-10-15-8-4-3-5-9-15/h3-5,7-9,11-12,14,18,20H,6,10,13H2,1-2H3. The van der Waals surface area contributed by atoms with Gasteiger partial charge in [0.15, 0.2) is 0 Å². The highest BCUT2D eigenvalue weighted by Gasteiger charge is 2.08. The molecule has 2 nitrogen and oxygen atoms in total. The van der Waals surface area contributed by atoms with Gasteiger partial charge in [-0.05, 0) is 42.5 Å². The normalized spacial score (nSPS) is 12.2. The zero-order valence-corrected chi connectivity index (χ0v) is 12.3. The maximum Gasteiger partial charge on any atom is 0.0790 e. The topological polar surface area (TPSA) is 23.5 Å². The third-order valence-electron chi connectivity index (χ3n) is 3.56. The molecule has 1 atom stereocenters. The van der Waals surface area contributed by atoms with E-state index in [2.05, 4.69) is 41.3 Å². The van der Waals surface area contributed by atoms with Gasteiger partial charge in [0.25, 0.3) is 0 Å². The number of aliphatic hydroxyl groups excluding tert-OH is 1. The van der Waals surface area contributed by atoms with Crippen molar-refractivity contribution in [2.75, 3.05) is 19.0 Å². The quantitative estimate of drug-likeness (QED) is 0.862. The average molecular weight is 269 g/mol. The van der Waals surface area contributed by atoms with Crippen molar-refractivity contribution in [3.63, 3.8) is 0 Å². The summed E-state index contributed by atoms with van der Waals surface area (Å²) in [6, 6.07) is 18.6. The van der Waals surface area contributed by atoms with Crippen LogP contribution in [0.4, 0.5) is 5.69 Å². The second-order valence-electron chi connectivity index (χ2n) is 5.38. The molecule has 0 aliphatic carbocycles. The van der Waals surface area contributed by atoms with Crippen LogP contribution in [-0.4, -0.2) is 19.2 Å². The van der Waals surface area contributed by atoms with E-state index in [1.807, 2.05) is 32.3 Å². The minimum atomic E-state index is -0.376. The molecule has 0 fully saturated rings. The molecule has 0 saturated heterocycles. The van der Waals surface area contributed by atoms with Gasteiger partial charge in [0.05, 0.1) is 6.10 Å². The minimum Gasteiger partial charge on any atom is -0.388 e. The summed E-state index contributed by atoms with van der Waals surface area (Å²) >= 11 is 0. The van der Waals surface area contributed by atoms with Gasteiger partial charge in [0.1, 0.15) is 0 Å². The summed E-state index contributed by atoms with van der Waals surface area (Å²) in [5, 5.41) is 10.3. The Kier molecular flexibility index (Phi) is 5.19. The summed E-state index contributed by atoms with van der Waals surface area (Å²) in [7, 11) is 4.03. The van der Waals surface area contributed by atoms with Crippen LogP contribution in [-0.2, 0) is 6.42 Å². The van der Waals surface area contributed by atoms with E-state index in [4.69, 9.17) is 0 Å². The number of aliphatic hydroxyl groups is 1. The number of hydrogen-bond acceptors (Lipinski definition) is 2. The summed E-state index contributed by atoms with van der Waals surface area (Å²) in [5.41, 5.74) is 3.47. The van der Waals surface area contributed by atoms with Gasteiger partial charge in [0, 0.05) is 19.8 Å². The molecular weight excluding hydrogens is 246 g/mol. The van der Waals surface area contributed by atoms with Crippen LogP contribution < -0.4 is 4.90 Å². The number of benzene rings is 2. The Hall–Kier alpha value is -1.80. The van der Waals surface area contributed by atoms with Crippen molar-refractivity contribution in [3.05, 3.63) is 65.7 Å². The summed E-state index contributed by atoms with van der Waals surface area (Å²) < 4.78 is 0. The zero-order valence-electron chi connectivity index (χ0n) is 12.3. The SMILES string of the molecule is CN(C)c1cccc(C(O)CCCc2ccccc2)c1. The zero-order chi connectivity index (χ0) is 14.4. The van der Waals surface area contributed by atoms with Crippen molar-refractivity contribution in [2.45, 2.75) is 25.4 Å². The highest BCUT2D eigenvalue weighted by atomic mass is 16.3. The monoisotopic (exact) mass is 269 g/mol. The van der Waals surface area contributed by atoms with Crippen molar-refractivity contribution < 1.29 is 5.11 Å². The van der Waals surface area contributed by atoms with E-state index >= 15 is 0 Å². The van der Waals surface area contributed by atoms with Crippen LogP contribution in [0.3, 0.4) is 0 Å². The van der Waals surface area contributed by atoms with Crippen molar-refractivity contribution in [1.82, 2.24) is 0 Å². The lowest BCUT2D eigenvalue weighted by molar-refractivity contribution is 0.165. The van der Waals surface area contributed by atoms with Gasteiger partial charge in [-0.2, -0.15) is 0 Å². The molecule has 0 saturated carbocycles. The predicted octanol–water partition coefficient (Wildman–Crippen LogP) is 3.81. The van der Waals surface area contributed by atoms with Gasteiger partial charge >= 0.3 is 0 Å². The summed E-state index contributed by atoms with van der Waals surface area (Å²) in [6.07, 6.45) is 2.44. The van der Waals surface area contributed by atoms with Gasteiger partial charge in [0.2, 0.25) is 0 Å². The lowest BCUT2D eigenvalue weighted by Gasteiger charge is -2.16. The molecule has 0 bridgehead atoms. The van der Waals surface area contributed by atoms with Crippen LogP contribution in [0.15, 0.2) is 54.6 Å². The molecule has 2 aromatic rings. The van der Waals surface area contributed by atoms with E-state index in [9.17, 15) is 5.11 Å². The summed E-state index contributed by atoms with van der Waals surface area (Å²) in [5.74, 6) is 0. The van der Waals surface area contributed by atoms with Crippen molar-refractivity contribution in [1.29, 1.82) is 0 Å². The highest BCUT2D eigenvalue weighted by molar-refractivity contribution is 5.47. The Bertz CT molecular complexity index is 522. The maximum absolute atomic E-state index is 10.3. The van der Waals surface area contributed by atoms with Gasteiger partial charge in [-0.15, -0.1) is 0 Å². The van der Waals surface area contributed by atoms with Crippen LogP contribution in [0.25, 0.3) is 0 Å². The lowest BCUT2D eigenvalue weighted by Crippen LogP contribution is -2.09. The van der Waals surface area contributed by atoms with Gasteiger partial charge in [-0.25, -0.2) is 0 Å². The first-order valence-electron chi connectivity index (χ1n) is 7.16. The first kappa shape index (κ1) is 14.6. The van der Waals surface area contributed by atoms with Crippen molar-refractivity contribution in [3.8, 4) is 0 Å². The molecule has 0 amide bonds. The number of rotatable bonds is 6. The number of aryl methyl sites for hydroxylation is 1. The van der Waals surface area contributed by atoms with Gasteiger partial charge in [-0.3, -0.25) is 0 Å². The third-order valence-corrected chi connectivity index (χ3v) is 3.56. The number of anilines is 1.